The number of fused-ring (bicyclic) bond motifs is 6. The standard InChI is InChI=1S/C27H30N2O5/c1-17(23(30)29-27-13-10-26(11-14-27,12-15-27)24(31)32)28-25(33)34-16-22-20-8-4-2-6-18(20)19-7-3-5-9-21(19)22/h2-9,17,22H,10-16H2,1H3,(H,28,33)(H,29,30)(H,31,32)/t17-,26?,27?/m1/s1. The van der Waals surface area contributed by atoms with E-state index in [0.29, 0.717) is 38.5 Å². The van der Waals surface area contributed by atoms with Gasteiger partial charge in [-0.3, -0.25) is 9.59 Å². The smallest absolute Gasteiger partial charge is 0.407 e. The van der Waals surface area contributed by atoms with Gasteiger partial charge in [-0.2, -0.15) is 0 Å². The van der Waals surface area contributed by atoms with Crippen LogP contribution in [-0.2, 0) is 14.3 Å². The molecule has 2 bridgehead atoms. The second-order valence-corrected chi connectivity index (χ2v) is 10.0. The number of hydrogen-bond acceptors (Lipinski definition) is 4. The lowest BCUT2D eigenvalue weighted by Crippen LogP contribution is -2.61. The summed E-state index contributed by atoms with van der Waals surface area (Å²) in [7, 11) is 0. The fourth-order valence-electron chi connectivity index (χ4n) is 5.95. The maximum absolute atomic E-state index is 12.8. The molecule has 1 atom stereocenters. The fraction of sp³-hybridized carbons (Fsp3) is 0.444. The van der Waals surface area contributed by atoms with Crippen LogP contribution in [0.2, 0.25) is 0 Å². The van der Waals surface area contributed by atoms with Gasteiger partial charge < -0.3 is 20.5 Å². The molecule has 178 valence electrons. The van der Waals surface area contributed by atoms with Gasteiger partial charge in [0.15, 0.2) is 0 Å². The summed E-state index contributed by atoms with van der Waals surface area (Å²) in [6.07, 6.45) is 3.08. The largest absolute Gasteiger partial charge is 0.481 e. The molecule has 2 aromatic rings. The van der Waals surface area contributed by atoms with Crippen molar-refractivity contribution in [3.63, 3.8) is 0 Å². The summed E-state index contributed by atoms with van der Waals surface area (Å²) in [6.45, 7) is 1.83. The summed E-state index contributed by atoms with van der Waals surface area (Å²) in [5, 5.41) is 15.3. The van der Waals surface area contributed by atoms with Gasteiger partial charge in [-0.25, -0.2) is 4.79 Å². The van der Waals surface area contributed by atoms with Crippen molar-refractivity contribution < 1.29 is 24.2 Å². The molecule has 34 heavy (non-hydrogen) atoms. The Balaban J connectivity index is 1.16. The molecule has 3 N–H and O–H groups in total. The molecule has 4 aliphatic carbocycles. The van der Waals surface area contributed by atoms with Gasteiger partial charge in [0.2, 0.25) is 5.91 Å². The van der Waals surface area contributed by atoms with E-state index < -0.39 is 23.5 Å². The number of carboxylic acids is 1. The Kier molecular flexibility index (Phi) is 5.58. The molecule has 2 aromatic carbocycles. The molecule has 6 rings (SSSR count). The number of hydrogen-bond donors (Lipinski definition) is 3. The number of carboxylic acid groups (broad SMARTS) is 1. The Hall–Kier alpha value is -3.35. The van der Waals surface area contributed by atoms with Gasteiger partial charge in [0, 0.05) is 11.5 Å². The molecule has 3 saturated carbocycles. The van der Waals surface area contributed by atoms with Crippen LogP contribution >= 0.6 is 0 Å². The van der Waals surface area contributed by atoms with Crippen molar-refractivity contribution in [2.75, 3.05) is 6.61 Å². The van der Waals surface area contributed by atoms with Crippen molar-refractivity contribution in [3.8, 4) is 11.1 Å². The first-order valence-electron chi connectivity index (χ1n) is 12.0. The number of ether oxygens (including phenoxy) is 1. The van der Waals surface area contributed by atoms with E-state index in [4.69, 9.17) is 4.74 Å². The first-order chi connectivity index (χ1) is 16.3. The second-order valence-electron chi connectivity index (χ2n) is 10.0. The minimum absolute atomic E-state index is 0.0415. The quantitative estimate of drug-likeness (QED) is 0.597. The molecule has 7 nitrogen and oxygen atoms in total. The highest BCUT2D eigenvalue weighted by atomic mass is 16.5. The van der Waals surface area contributed by atoms with Gasteiger partial charge in [0.05, 0.1) is 5.41 Å². The molecule has 3 fully saturated rings. The molecule has 0 spiro atoms. The molecule has 0 aromatic heterocycles. The molecule has 0 aliphatic heterocycles. The van der Waals surface area contributed by atoms with Crippen LogP contribution in [0.15, 0.2) is 48.5 Å². The highest BCUT2D eigenvalue weighted by Gasteiger charge is 2.53. The predicted molar refractivity (Wildman–Crippen MR) is 126 cm³/mol. The summed E-state index contributed by atoms with van der Waals surface area (Å²) in [4.78, 5) is 37.0. The number of amides is 2. The molecule has 0 radical (unpaired) electrons. The van der Waals surface area contributed by atoms with E-state index in [0.717, 1.165) is 22.3 Å². The van der Waals surface area contributed by atoms with Crippen molar-refractivity contribution in [1.29, 1.82) is 0 Å². The average molecular weight is 463 g/mol. The van der Waals surface area contributed by atoms with Crippen LogP contribution in [0.1, 0.15) is 62.5 Å². The zero-order valence-corrected chi connectivity index (χ0v) is 19.3. The van der Waals surface area contributed by atoms with E-state index in [2.05, 4.69) is 34.9 Å². The van der Waals surface area contributed by atoms with Crippen molar-refractivity contribution in [2.45, 2.75) is 62.9 Å². The van der Waals surface area contributed by atoms with Crippen LogP contribution in [0.25, 0.3) is 11.1 Å². The molecular weight excluding hydrogens is 432 g/mol. The number of carbonyl (C=O) groups is 3. The number of aliphatic carboxylic acids is 1. The summed E-state index contributed by atoms with van der Waals surface area (Å²) in [6, 6.07) is 15.5. The Labute approximate surface area is 198 Å². The predicted octanol–water partition coefficient (Wildman–Crippen LogP) is 4.21. The third-order valence-electron chi connectivity index (χ3n) is 8.16. The number of carbonyl (C=O) groups excluding carboxylic acids is 2. The second kappa shape index (κ2) is 8.46. The summed E-state index contributed by atoms with van der Waals surface area (Å²) in [5.41, 5.74) is 3.59. The minimum Gasteiger partial charge on any atom is -0.481 e. The molecule has 4 aliphatic rings. The van der Waals surface area contributed by atoms with Crippen LogP contribution in [-0.4, -0.2) is 41.3 Å². The molecule has 0 saturated heterocycles. The van der Waals surface area contributed by atoms with Crippen LogP contribution < -0.4 is 10.6 Å². The van der Waals surface area contributed by atoms with E-state index in [-0.39, 0.29) is 24.0 Å². The minimum atomic E-state index is -0.752. The first kappa shape index (κ1) is 22.4. The summed E-state index contributed by atoms with van der Waals surface area (Å²) >= 11 is 0. The van der Waals surface area contributed by atoms with E-state index in [1.165, 1.54) is 0 Å². The van der Waals surface area contributed by atoms with Gasteiger partial charge in [-0.15, -0.1) is 0 Å². The normalized spacial score (nSPS) is 25.7. The Morgan fingerprint density at radius 2 is 1.47 bits per heavy atom. The molecule has 7 heteroatoms. The number of rotatable bonds is 6. The van der Waals surface area contributed by atoms with Crippen molar-refractivity contribution in [2.24, 2.45) is 5.41 Å². The lowest BCUT2D eigenvalue weighted by atomic mass is 9.57. The van der Waals surface area contributed by atoms with Crippen molar-refractivity contribution >= 4 is 18.0 Å². The zero-order chi connectivity index (χ0) is 23.9. The lowest BCUT2D eigenvalue weighted by Gasteiger charge is -2.51. The highest BCUT2D eigenvalue weighted by molar-refractivity contribution is 5.86. The Morgan fingerprint density at radius 1 is 0.941 bits per heavy atom. The average Bonchev–Trinajstić information content (AvgIpc) is 3.17. The third-order valence-corrected chi connectivity index (χ3v) is 8.16. The van der Waals surface area contributed by atoms with Crippen LogP contribution in [0.3, 0.4) is 0 Å². The molecule has 0 heterocycles. The number of benzene rings is 2. The molecule has 0 unspecified atom stereocenters. The van der Waals surface area contributed by atoms with Gasteiger partial charge in [0.1, 0.15) is 12.6 Å². The van der Waals surface area contributed by atoms with Gasteiger partial charge in [-0.05, 0) is 67.7 Å². The van der Waals surface area contributed by atoms with Crippen LogP contribution in [0.4, 0.5) is 4.79 Å². The van der Waals surface area contributed by atoms with E-state index in [1.807, 2.05) is 24.3 Å². The first-order valence-corrected chi connectivity index (χ1v) is 12.0. The monoisotopic (exact) mass is 462 g/mol. The number of alkyl carbamates (subject to hydrolysis) is 1. The van der Waals surface area contributed by atoms with E-state index in [9.17, 15) is 19.5 Å². The zero-order valence-electron chi connectivity index (χ0n) is 19.3. The third kappa shape index (κ3) is 3.83. The number of nitrogens with one attached hydrogen (secondary N) is 2. The van der Waals surface area contributed by atoms with Gasteiger partial charge in [0.25, 0.3) is 0 Å². The highest BCUT2D eigenvalue weighted by Crippen LogP contribution is 2.52. The van der Waals surface area contributed by atoms with E-state index >= 15 is 0 Å². The van der Waals surface area contributed by atoms with Crippen molar-refractivity contribution in [3.05, 3.63) is 59.7 Å². The van der Waals surface area contributed by atoms with Crippen molar-refractivity contribution in [1.82, 2.24) is 10.6 Å². The molecule has 2 amide bonds. The topological polar surface area (TPSA) is 105 Å². The van der Waals surface area contributed by atoms with Crippen LogP contribution in [0, 0.1) is 5.41 Å². The Bertz CT molecular complexity index is 1070. The summed E-state index contributed by atoms with van der Waals surface area (Å²) < 4.78 is 5.55. The Morgan fingerprint density at radius 3 is 2.00 bits per heavy atom. The summed E-state index contributed by atoms with van der Waals surface area (Å²) in [5.74, 6) is -1.03. The SMILES string of the molecule is C[C@@H](NC(=O)OCC1c2ccccc2-c2ccccc21)C(=O)NC12CCC(C(=O)O)(CC1)CC2. The maximum atomic E-state index is 12.8. The fourth-order valence-corrected chi connectivity index (χ4v) is 5.95. The van der Waals surface area contributed by atoms with Crippen LogP contribution in [0.5, 0.6) is 0 Å². The lowest BCUT2D eigenvalue weighted by molar-refractivity contribution is -0.157. The van der Waals surface area contributed by atoms with Gasteiger partial charge in [-0.1, -0.05) is 48.5 Å². The van der Waals surface area contributed by atoms with Gasteiger partial charge >= 0.3 is 12.1 Å². The molecular formula is C27H30N2O5. The van der Waals surface area contributed by atoms with E-state index in [1.54, 1.807) is 6.92 Å². The maximum Gasteiger partial charge on any atom is 0.407 e.